The first-order valence-corrected chi connectivity index (χ1v) is 6.08. The third-order valence-electron chi connectivity index (χ3n) is 4.87. The highest BCUT2D eigenvalue weighted by Gasteiger charge is 2.61. The summed E-state index contributed by atoms with van der Waals surface area (Å²) in [6, 6.07) is 0. The number of rotatable bonds is 2. The van der Waals surface area contributed by atoms with Crippen molar-refractivity contribution in [1.29, 1.82) is 0 Å². The summed E-state index contributed by atoms with van der Waals surface area (Å²) in [7, 11) is 0. The molecule has 0 aromatic rings. The Kier molecular flexibility index (Phi) is 1.67. The van der Waals surface area contributed by atoms with Gasteiger partial charge in [0.15, 0.2) is 0 Å². The summed E-state index contributed by atoms with van der Waals surface area (Å²) >= 11 is 0. The van der Waals surface area contributed by atoms with E-state index >= 15 is 0 Å². The molecule has 0 saturated heterocycles. The molecule has 4 bridgehead atoms. The van der Waals surface area contributed by atoms with Crippen molar-refractivity contribution >= 4 is 6.47 Å². The Morgan fingerprint density at radius 2 is 1.67 bits per heavy atom. The number of carbonyl (C=O) groups is 1. The van der Waals surface area contributed by atoms with Crippen molar-refractivity contribution in [2.45, 2.75) is 58.0 Å². The van der Waals surface area contributed by atoms with E-state index in [0.717, 1.165) is 25.2 Å². The van der Waals surface area contributed by atoms with Crippen molar-refractivity contribution in [3.05, 3.63) is 0 Å². The molecule has 0 heterocycles. The Morgan fingerprint density at radius 1 is 1.07 bits per heavy atom. The van der Waals surface area contributed by atoms with Gasteiger partial charge in [0, 0.05) is 0 Å². The summed E-state index contributed by atoms with van der Waals surface area (Å²) in [5, 5.41) is 0. The molecular formula is C13H20O2. The van der Waals surface area contributed by atoms with E-state index < -0.39 is 0 Å². The molecule has 4 saturated carbocycles. The standard InChI is InChI=1S/C13H20O2/c1-11-3-10-4-12(2,6-11)8-13(5-10,7-11)15-9-14/h9-10H,3-8H2,1-2H3. The zero-order valence-corrected chi connectivity index (χ0v) is 9.71. The van der Waals surface area contributed by atoms with Gasteiger partial charge >= 0.3 is 0 Å². The van der Waals surface area contributed by atoms with Crippen molar-refractivity contribution in [2.75, 3.05) is 0 Å². The molecule has 2 atom stereocenters. The second-order valence-electron chi connectivity index (χ2n) is 7.03. The Morgan fingerprint density at radius 3 is 2.13 bits per heavy atom. The first-order chi connectivity index (χ1) is 6.97. The predicted molar refractivity (Wildman–Crippen MR) is 57.3 cm³/mol. The summed E-state index contributed by atoms with van der Waals surface area (Å²) in [6.07, 6.45) is 7.37. The molecule has 15 heavy (non-hydrogen) atoms. The number of hydrogen-bond acceptors (Lipinski definition) is 2. The fourth-order valence-corrected chi connectivity index (χ4v) is 5.58. The van der Waals surface area contributed by atoms with Crippen LogP contribution in [-0.4, -0.2) is 12.1 Å². The van der Waals surface area contributed by atoms with Gasteiger partial charge in [-0.2, -0.15) is 0 Å². The van der Waals surface area contributed by atoms with Crippen LogP contribution in [0, 0.1) is 16.7 Å². The van der Waals surface area contributed by atoms with Crippen molar-refractivity contribution in [2.24, 2.45) is 16.7 Å². The van der Waals surface area contributed by atoms with Gasteiger partial charge in [-0.1, -0.05) is 13.8 Å². The quantitative estimate of drug-likeness (QED) is 0.652. The summed E-state index contributed by atoms with van der Waals surface area (Å²) in [6.45, 7) is 5.46. The van der Waals surface area contributed by atoms with Crippen LogP contribution in [0.4, 0.5) is 0 Å². The highest BCUT2D eigenvalue weighted by atomic mass is 16.5. The van der Waals surface area contributed by atoms with E-state index in [0.29, 0.717) is 17.3 Å². The first-order valence-electron chi connectivity index (χ1n) is 6.08. The van der Waals surface area contributed by atoms with E-state index in [1.54, 1.807) is 0 Å². The van der Waals surface area contributed by atoms with Crippen LogP contribution in [0.15, 0.2) is 0 Å². The van der Waals surface area contributed by atoms with Crippen molar-refractivity contribution < 1.29 is 9.53 Å². The fraction of sp³-hybridized carbons (Fsp3) is 0.923. The molecule has 4 aliphatic rings. The molecule has 2 nitrogen and oxygen atoms in total. The van der Waals surface area contributed by atoms with Gasteiger partial charge in [0.25, 0.3) is 6.47 Å². The zero-order chi connectivity index (χ0) is 10.7. The lowest BCUT2D eigenvalue weighted by atomic mass is 9.43. The third-order valence-corrected chi connectivity index (χ3v) is 4.87. The number of ether oxygens (including phenoxy) is 1. The van der Waals surface area contributed by atoms with E-state index in [-0.39, 0.29) is 5.60 Å². The van der Waals surface area contributed by atoms with E-state index in [1.807, 2.05) is 0 Å². The Balaban J connectivity index is 1.98. The van der Waals surface area contributed by atoms with Gasteiger partial charge in [-0.15, -0.1) is 0 Å². The van der Waals surface area contributed by atoms with Crippen molar-refractivity contribution in [1.82, 2.24) is 0 Å². The monoisotopic (exact) mass is 208 g/mol. The van der Waals surface area contributed by atoms with E-state index in [9.17, 15) is 4.79 Å². The molecular weight excluding hydrogens is 188 g/mol. The largest absolute Gasteiger partial charge is 0.461 e. The van der Waals surface area contributed by atoms with E-state index in [1.165, 1.54) is 19.3 Å². The van der Waals surface area contributed by atoms with Gasteiger partial charge in [-0.25, -0.2) is 0 Å². The number of carbonyl (C=O) groups excluding carboxylic acids is 1. The maximum Gasteiger partial charge on any atom is 0.293 e. The molecule has 4 rings (SSSR count). The van der Waals surface area contributed by atoms with Crippen LogP contribution >= 0.6 is 0 Å². The molecule has 4 aliphatic carbocycles. The Labute approximate surface area is 91.4 Å². The van der Waals surface area contributed by atoms with Crippen LogP contribution < -0.4 is 0 Å². The highest BCUT2D eigenvalue weighted by Crippen LogP contribution is 2.67. The van der Waals surface area contributed by atoms with Gasteiger partial charge in [0.1, 0.15) is 5.60 Å². The normalized spacial score (nSPS) is 56.8. The maximum absolute atomic E-state index is 10.7. The second kappa shape index (κ2) is 2.58. The zero-order valence-electron chi connectivity index (χ0n) is 9.71. The van der Waals surface area contributed by atoms with E-state index in [4.69, 9.17) is 4.74 Å². The molecule has 0 amide bonds. The highest BCUT2D eigenvalue weighted by molar-refractivity contribution is 5.39. The molecule has 0 aliphatic heterocycles. The summed E-state index contributed by atoms with van der Waals surface area (Å²) in [4.78, 5) is 10.7. The van der Waals surface area contributed by atoms with Crippen LogP contribution in [0.2, 0.25) is 0 Å². The molecule has 0 N–H and O–H groups in total. The summed E-state index contributed by atoms with van der Waals surface area (Å²) < 4.78 is 5.49. The smallest absolute Gasteiger partial charge is 0.293 e. The first kappa shape index (κ1) is 9.68. The lowest BCUT2D eigenvalue weighted by molar-refractivity contribution is -0.206. The van der Waals surface area contributed by atoms with Crippen LogP contribution in [0.1, 0.15) is 52.4 Å². The topological polar surface area (TPSA) is 26.3 Å². The van der Waals surface area contributed by atoms with Gasteiger partial charge in [-0.05, 0) is 55.3 Å². The number of hydrogen-bond donors (Lipinski definition) is 0. The van der Waals surface area contributed by atoms with Gasteiger partial charge in [-0.3, -0.25) is 4.79 Å². The minimum Gasteiger partial charge on any atom is -0.461 e. The van der Waals surface area contributed by atoms with Crippen LogP contribution in [-0.2, 0) is 9.53 Å². The van der Waals surface area contributed by atoms with E-state index in [2.05, 4.69) is 13.8 Å². The Hall–Kier alpha value is -0.530. The van der Waals surface area contributed by atoms with Crippen molar-refractivity contribution in [3.63, 3.8) is 0 Å². The minimum absolute atomic E-state index is 0.0926. The SMILES string of the molecule is CC12CC3CC(C)(C1)CC(OC=O)(C3)C2. The van der Waals surface area contributed by atoms with Gasteiger partial charge < -0.3 is 4.74 Å². The maximum atomic E-state index is 10.7. The van der Waals surface area contributed by atoms with Gasteiger partial charge in [0.05, 0.1) is 0 Å². The molecule has 0 aromatic heterocycles. The summed E-state index contributed by atoms with van der Waals surface area (Å²) in [5.74, 6) is 0.802. The average molecular weight is 208 g/mol. The van der Waals surface area contributed by atoms with Crippen LogP contribution in [0.5, 0.6) is 0 Å². The molecule has 0 aromatic carbocycles. The summed E-state index contributed by atoms with van der Waals surface area (Å²) in [5.41, 5.74) is 0.791. The molecule has 0 spiro atoms. The molecule has 2 heteroatoms. The van der Waals surface area contributed by atoms with Crippen LogP contribution in [0.25, 0.3) is 0 Å². The van der Waals surface area contributed by atoms with Crippen molar-refractivity contribution in [3.8, 4) is 0 Å². The van der Waals surface area contributed by atoms with Crippen LogP contribution in [0.3, 0.4) is 0 Å². The minimum atomic E-state index is -0.0926. The molecule has 4 fully saturated rings. The van der Waals surface area contributed by atoms with Gasteiger partial charge in [0.2, 0.25) is 0 Å². The molecule has 0 radical (unpaired) electrons. The predicted octanol–water partition coefficient (Wildman–Crippen LogP) is 2.91. The second-order valence-corrected chi connectivity index (χ2v) is 7.03. The Bertz CT molecular complexity index is 292. The molecule has 2 unspecified atom stereocenters. The fourth-order valence-electron chi connectivity index (χ4n) is 5.58. The third kappa shape index (κ3) is 1.33. The lowest BCUT2D eigenvalue weighted by Gasteiger charge is -2.64. The average Bonchev–Trinajstić information content (AvgIpc) is 1.94. The lowest BCUT2D eigenvalue weighted by Crippen LogP contribution is -2.59. The molecule has 84 valence electrons.